The van der Waals surface area contributed by atoms with Crippen LogP contribution in [0.2, 0.25) is 5.02 Å². The highest BCUT2D eigenvalue weighted by atomic mass is 35.5. The van der Waals surface area contributed by atoms with Crippen LogP contribution in [0.25, 0.3) is 0 Å². The fraction of sp³-hybridized carbons (Fsp3) is 0.375. The minimum Gasteiger partial charge on any atom is -0.376 e. The molecule has 6 nitrogen and oxygen atoms in total. The topological polar surface area (TPSA) is 68.2 Å². The molecular weight excluding hydrogens is 373 g/mol. The third-order valence-electron chi connectivity index (χ3n) is 3.88. The number of hydrogen-bond donors (Lipinski definition) is 2. The second-order valence-corrected chi connectivity index (χ2v) is 6.12. The summed E-state index contributed by atoms with van der Waals surface area (Å²) >= 11 is 5.76. The van der Waals surface area contributed by atoms with Crippen LogP contribution in [0.4, 0.5) is 23.7 Å². The average molecular weight is 389 g/mol. The number of carbonyl (C=O) groups is 1. The fourth-order valence-electron chi connectivity index (χ4n) is 2.71. The molecule has 2 amide bonds. The summed E-state index contributed by atoms with van der Waals surface area (Å²) in [6.45, 7) is 0.507. The number of alkyl halides is 3. The van der Waals surface area contributed by atoms with E-state index in [0.29, 0.717) is 29.4 Å². The Labute approximate surface area is 152 Å². The van der Waals surface area contributed by atoms with Crippen LogP contribution in [0, 0.1) is 0 Å². The highest BCUT2D eigenvalue weighted by Crippen LogP contribution is 2.34. The normalized spacial score (nSPS) is 14.0. The number of anilines is 1. The maximum Gasteiger partial charge on any atom is 0.435 e. The fourth-order valence-corrected chi connectivity index (χ4v) is 2.83. The number of aromatic nitrogens is 2. The first kappa shape index (κ1) is 18.5. The lowest BCUT2D eigenvalue weighted by molar-refractivity contribution is -0.142. The summed E-state index contributed by atoms with van der Waals surface area (Å²) in [4.78, 5) is 11.9. The highest BCUT2D eigenvalue weighted by Gasteiger charge is 2.39. The lowest BCUT2D eigenvalue weighted by Gasteiger charge is -2.15. The van der Waals surface area contributed by atoms with E-state index in [-0.39, 0.29) is 25.3 Å². The molecule has 10 heteroatoms. The predicted molar refractivity (Wildman–Crippen MR) is 89.1 cm³/mol. The molecule has 0 bridgehead atoms. The van der Waals surface area contributed by atoms with Gasteiger partial charge in [0, 0.05) is 34.9 Å². The predicted octanol–water partition coefficient (Wildman–Crippen LogP) is 3.45. The summed E-state index contributed by atoms with van der Waals surface area (Å²) in [5.41, 5.74) is 0.218. The molecule has 1 aliphatic rings. The van der Waals surface area contributed by atoms with Gasteiger partial charge in [-0.3, -0.25) is 4.68 Å². The quantitative estimate of drug-likeness (QED) is 0.843. The number of halogens is 4. The Kier molecular flexibility index (Phi) is 5.38. The molecule has 0 fully saturated rings. The van der Waals surface area contributed by atoms with Gasteiger partial charge in [-0.1, -0.05) is 11.6 Å². The minimum atomic E-state index is -4.53. The Morgan fingerprint density at radius 3 is 2.73 bits per heavy atom. The zero-order valence-electron chi connectivity index (χ0n) is 13.6. The Balaban J connectivity index is 1.60. The van der Waals surface area contributed by atoms with Crippen LogP contribution in [-0.2, 0) is 30.5 Å². The Morgan fingerprint density at radius 1 is 1.31 bits per heavy atom. The molecule has 2 heterocycles. The van der Waals surface area contributed by atoms with Gasteiger partial charge in [0.15, 0.2) is 5.69 Å². The van der Waals surface area contributed by atoms with Crippen molar-refractivity contribution < 1.29 is 22.7 Å². The Hall–Kier alpha value is -2.26. The third-order valence-corrected chi connectivity index (χ3v) is 4.13. The van der Waals surface area contributed by atoms with Gasteiger partial charge < -0.3 is 15.4 Å². The maximum atomic E-state index is 13.1. The van der Waals surface area contributed by atoms with Gasteiger partial charge in [-0.05, 0) is 24.3 Å². The lowest BCUT2D eigenvalue weighted by atomic mass is 10.1. The number of nitrogens with zero attached hydrogens (tertiary/aromatic N) is 2. The van der Waals surface area contributed by atoms with Crippen molar-refractivity contribution >= 4 is 23.3 Å². The average Bonchev–Trinajstić information content (AvgIpc) is 2.96. The first-order chi connectivity index (χ1) is 12.3. The monoisotopic (exact) mass is 388 g/mol. The molecule has 0 radical (unpaired) electrons. The van der Waals surface area contributed by atoms with Crippen molar-refractivity contribution in [1.29, 1.82) is 0 Å². The Morgan fingerprint density at radius 2 is 2.04 bits per heavy atom. The van der Waals surface area contributed by atoms with E-state index < -0.39 is 17.9 Å². The van der Waals surface area contributed by atoms with Crippen molar-refractivity contribution in [3.63, 3.8) is 0 Å². The molecule has 2 N–H and O–H groups in total. The third kappa shape index (κ3) is 4.28. The number of nitrogens with one attached hydrogen (secondary N) is 2. The number of urea groups is 1. The molecule has 1 aromatic heterocycles. The molecule has 0 saturated carbocycles. The van der Waals surface area contributed by atoms with E-state index >= 15 is 0 Å². The summed E-state index contributed by atoms with van der Waals surface area (Å²) in [5.74, 6) is 0. The number of amides is 2. The standard InChI is InChI=1S/C16H16ClF3N4O2/c17-10-1-3-11(4-2-10)22-15(25)21-6-7-24-13-5-8-26-9-12(13)14(23-24)16(18,19)20/h1-4H,5-9H2,(H2,21,22,25). The summed E-state index contributed by atoms with van der Waals surface area (Å²) in [7, 11) is 0. The van der Waals surface area contributed by atoms with Gasteiger partial charge >= 0.3 is 12.2 Å². The van der Waals surface area contributed by atoms with Crippen molar-refractivity contribution in [2.75, 3.05) is 18.5 Å². The molecule has 0 atom stereocenters. The number of hydrogen-bond acceptors (Lipinski definition) is 3. The molecule has 140 valence electrons. The molecule has 0 unspecified atom stereocenters. The van der Waals surface area contributed by atoms with Crippen LogP contribution in [0.3, 0.4) is 0 Å². The van der Waals surface area contributed by atoms with Crippen molar-refractivity contribution in [3.8, 4) is 0 Å². The molecule has 0 aliphatic carbocycles. The number of benzene rings is 1. The van der Waals surface area contributed by atoms with Crippen LogP contribution < -0.4 is 10.6 Å². The van der Waals surface area contributed by atoms with Gasteiger partial charge in [0.05, 0.1) is 19.8 Å². The number of fused-ring (bicyclic) bond motifs is 1. The van der Waals surface area contributed by atoms with Gasteiger partial charge in [-0.2, -0.15) is 18.3 Å². The molecule has 0 saturated heterocycles. The molecule has 1 aromatic carbocycles. The zero-order valence-corrected chi connectivity index (χ0v) is 14.3. The second-order valence-electron chi connectivity index (χ2n) is 5.69. The van der Waals surface area contributed by atoms with E-state index in [1.807, 2.05) is 0 Å². The van der Waals surface area contributed by atoms with E-state index in [0.717, 1.165) is 0 Å². The summed E-state index contributed by atoms with van der Waals surface area (Å²) < 4.78 is 45.7. The number of rotatable bonds is 4. The van der Waals surface area contributed by atoms with E-state index in [2.05, 4.69) is 15.7 Å². The first-order valence-corrected chi connectivity index (χ1v) is 8.26. The van der Waals surface area contributed by atoms with Gasteiger partial charge in [-0.25, -0.2) is 4.79 Å². The minimum absolute atomic E-state index is 0.0781. The first-order valence-electron chi connectivity index (χ1n) is 7.88. The Bertz CT molecular complexity index is 790. The molecule has 26 heavy (non-hydrogen) atoms. The maximum absolute atomic E-state index is 13.1. The van der Waals surface area contributed by atoms with Gasteiger partial charge in [0.2, 0.25) is 0 Å². The summed E-state index contributed by atoms with van der Waals surface area (Å²) in [6, 6.07) is 6.08. The summed E-state index contributed by atoms with van der Waals surface area (Å²) in [6.07, 6.45) is -4.18. The van der Waals surface area contributed by atoms with Gasteiger partial charge in [0.1, 0.15) is 0 Å². The van der Waals surface area contributed by atoms with E-state index in [9.17, 15) is 18.0 Å². The largest absolute Gasteiger partial charge is 0.435 e. The van der Waals surface area contributed by atoms with E-state index in [1.165, 1.54) is 4.68 Å². The molecule has 0 spiro atoms. The summed E-state index contributed by atoms with van der Waals surface area (Å²) in [5, 5.41) is 9.43. The van der Waals surface area contributed by atoms with Crippen LogP contribution in [0.5, 0.6) is 0 Å². The SMILES string of the molecule is O=C(NCCn1nc(C(F)(F)F)c2c1CCOC2)Nc1ccc(Cl)cc1. The van der Waals surface area contributed by atoms with Crippen LogP contribution >= 0.6 is 11.6 Å². The van der Waals surface area contributed by atoms with E-state index in [1.54, 1.807) is 24.3 Å². The highest BCUT2D eigenvalue weighted by molar-refractivity contribution is 6.30. The number of ether oxygens (including phenoxy) is 1. The van der Waals surface area contributed by atoms with Crippen molar-refractivity contribution in [2.24, 2.45) is 0 Å². The molecule has 2 aromatic rings. The molecule has 1 aliphatic heterocycles. The smallest absolute Gasteiger partial charge is 0.376 e. The van der Waals surface area contributed by atoms with Gasteiger partial charge in [-0.15, -0.1) is 0 Å². The molecular formula is C16H16ClF3N4O2. The van der Waals surface area contributed by atoms with E-state index in [4.69, 9.17) is 16.3 Å². The van der Waals surface area contributed by atoms with Crippen molar-refractivity contribution in [3.05, 3.63) is 46.2 Å². The van der Waals surface area contributed by atoms with Gasteiger partial charge in [0.25, 0.3) is 0 Å². The number of carbonyl (C=O) groups excluding carboxylic acids is 1. The van der Waals surface area contributed by atoms with Crippen molar-refractivity contribution in [1.82, 2.24) is 15.1 Å². The van der Waals surface area contributed by atoms with Crippen molar-refractivity contribution in [2.45, 2.75) is 25.7 Å². The second kappa shape index (κ2) is 7.55. The van der Waals surface area contributed by atoms with Crippen LogP contribution in [0.15, 0.2) is 24.3 Å². The van der Waals surface area contributed by atoms with Crippen LogP contribution in [0.1, 0.15) is 17.0 Å². The lowest BCUT2D eigenvalue weighted by Crippen LogP contribution is -2.32. The zero-order chi connectivity index (χ0) is 18.7. The molecule has 3 rings (SSSR count). The van der Waals surface area contributed by atoms with Crippen LogP contribution in [-0.4, -0.2) is 29.0 Å².